The highest BCUT2D eigenvalue weighted by Crippen LogP contribution is 2.51. The van der Waals surface area contributed by atoms with Gasteiger partial charge in [0.25, 0.3) is 0 Å². The first-order valence-corrected chi connectivity index (χ1v) is 4.39. The van der Waals surface area contributed by atoms with Gasteiger partial charge in [0.2, 0.25) is 5.91 Å². The fraction of sp³-hybridized carbons (Fsp3) is 0.889. The van der Waals surface area contributed by atoms with E-state index in [1.54, 1.807) is 0 Å². The molecule has 2 aliphatic rings. The molecule has 2 rings (SSSR count). The first-order chi connectivity index (χ1) is 5.13. The van der Waals surface area contributed by atoms with Crippen LogP contribution in [0.4, 0.5) is 0 Å². The van der Waals surface area contributed by atoms with E-state index in [1.165, 1.54) is 0 Å². The number of carbonyl (C=O) groups is 1. The van der Waals surface area contributed by atoms with Crippen LogP contribution in [0, 0.1) is 17.8 Å². The molecule has 0 bridgehead atoms. The molecule has 3 unspecified atom stereocenters. The number of carbonyl (C=O) groups excluding carboxylic acids is 1. The Hall–Kier alpha value is -0.530. The van der Waals surface area contributed by atoms with Gasteiger partial charge in [0, 0.05) is 19.0 Å². The molecule has 3 atom stereocenters. The van der Waals surface area contributed by atoms with Gasteiger partial charge in [-0.1, -0.05) is 13.8 Å². The summed E-state index contributed by atoms with van der Waals surface area (Å²) in [7, 11) is 1.94. The Morgan fingerprint density at radius 2 is 2.18 bits per heavy atom. The normalized spacial score (nSPS) is 41.6. The standard InChI is InChI=1S/C9H15NO/c1-5(2)8-6-4-7(6)9(11)10(8)3/h5-8H,4H2,1-3H3. The third-order valence-electron chi connectivity index (χ3n) is 3.07. The van der Waals surface area contributed by atoms with Crippen LogP contribution in [0.3, 0.4) is 0 Å². The van der Waals surface area contributed by atoms with E-state index < -0.39 is 0 Å². The maximum absolute atomic E-state index is 11.4. The highest BCUT2D eigenvalue weighted by Gasteiger charge is 2.57. The van der Waals surface area contributed by atoms with Gasteiger partial charge in [-0.15, -0.1) is 0 Å². The molecule has 1 saturated carbocycles. The van der Waals surface area contributed by atoms with Crippen molar-refractivity contribution in [2.75, 3.05) is 7.05 Å². The Morgan fingerprint density at radius 3 is 2.45 bits per heavy atom. The average molecular weight is 153 g/mol. The van der Waals surface area contributed by atoms with Gasteiger partial charge in [-0.05, 0) is 18.3 Å². The van der Waals surface area contributed by atoms with E-state index in [1.807, 2.05) is 11.9 Å². The third kappa shape index (κ3) is 0.815. The van der Waals surface area contributed by atoms with Crippen LogP contribution < -0.4 is 0 Å². The Labute approximate surface area is 67.6 Å². The van der Waals surface area contributed by atoms with Gasteiger partial charge < -0.3 is 4.90 Å². The summed E-state index contributed by atoms with van der Waals surface area (Å²) < 4.78 is 0. The molecule has 0 spiro atoms. The second-order valence-electron chi connectivity index (χ2n) is 4.19. The van der Waals surface area contributed by atoms with E-state index in [9.17, 15) is 4.79 Å². The van der Waals surface area contributed by atoms with Crippen molar-refractivity contribution in [3.63, 3.8) is 0 Å². The van der Waals surface area contributed by atoms with Crippen molar-refractivity contribution in [3.8, 4) is 0 Å². The summed E-state index contributed by atoms with van der Waals surface area (Å²) in [4.78, 5) is 13.3. The zero-order valence-electron chi connectivity index (χ0n) is 7.37. The molecular weight excluding hydrogens is 138 g/mol. The third-order valence-corrected chi connectivity index (χ3v) is 3.07. The lowest BCUT2D eigenvalue weighted by Crippen LogP contribution is -2.36. The van der Waals surface area contributed by atoms with Crippen LogP contribution in [0.15, 0.2) is 0 Å². The number of amides is 1. The van der Waals surface area contributed by atoms with Crippen LogP contribution in [0.25, 0.3) is 0 Å². The largest absolute Gasteiger partial charge is 0.342 e. The molecule has 0 N–H and O–H groups in total. The Morgan fingerprint density at radius 1 is 1.55 bits per heavy atom. The molecule has 1 aliphatic heterocycles. The highest BCUT2D eigenvalue weighted by molar-refractivity contribution is 5.85. The molecule has 0 aromatic heterocycles. The Bertz CT molecular complexity index is 200. The van der Waals surface area contributed by atoms with Crippen molar-refractivity contribution >= 4 is 5.91 Å². The predicted molar refractivity (Wildman–Crippen MR) is 43.0 cm³/mol. The summed E-state index contributed by atoms with van der Waals surface area (Å²) in [5, 5.41) is 0. The van der Waals surface area contributed by atoms with Crippen LogP contribution in [-0.4, -0.2) is 23.9 Å². The van der Waals surface area contributed by atoms with Crippen molar-refractivity contribution in [3.05, 3.63) is 0 Å². The van der Waals surface area contributed by atoms with E-state index in [0.29, 0.717) is 29.7 Å². The van der Waals surface area contributed by atoms with Gasteiger partial charge in [-0.3, -0.25) is 4.79 Å². The Kier molecular flexibility index (Phi) is 1.29. The van der Waals surface area contributed by atoms with Gasteiger partial charge >= 0.3 is 0 Å². The lowest BCUT2D eigenvalue weighted by Gasteiger charge is -2.26. The highest BCUT2D eigenvalue weighted by atomic mass is 16.2. The van der Waals surface area contributed by atoms with Crippen molar-refractivity contribution < 1.29 is 4.79 Å². The summed E-state index contributed by atoms with van der Waals surface area (Å²) in [5.74, 6) is 2.12. The van der Waals surface area contributed by atoms with Gasteiger partial charge in [-0.25, -0.2) is 0 Å². The predicted octanol–water partition coefficient (Wildman–Crippen LogP) is 1.12. The average Bonchev–Trinajstić information content (AvgIpc) is 2.61. The monoisotopic (exact) mass is 153 g/mol. The summed E-state index contributed by atoms with van der Waals surface area (Å²) >= 11 is 0. The first kappa shape index (κ1) is 7.14. The van der Waals surface area contributed by atoms with E-state index in [0.717, 1.165) is 6.42 Å². The minimum absolute atomic E-state index is 0.383. The van der Waals surface area contributed by atoms with Crippen LogP contribution in [-0.2, 0) is 4.79 Å². The quantitative estimate of drug-likeness (QED) is 0.552. The van der Waals surface area contributed by atoms with E-state index in [2.05, 4.69) is 13.8 Å². The molecule has 1 saturated heterocycles. The number of likely N-dealkylation sites (tertiary alicyclic amines) is 1. The van der Waals surface area contributed by atoms with Crippen molar-refractivity contribution in [1.82, 2.24) is 4.90 Å². The number of rotatable bonds is 1. The van der Waals surface area contributed by atoms with Gasteiger partial charge in [-0.2, -0.15) is 0 Å². The second kappa shape index (κ2) is 1.99. The Balaban J connectivity index is 2.17. The van der Waals surface area contributed by atoms with Crippen LogP contribution >= 0.6 is 0 Å². The number of piperidine rings is 1. The van der Waals surface area contributed by atoms with Crippen LogP contribution in [0.1, 0.15) is 20.3 Å². The summed E-state index contributed by atoms with van der Waals surface area (Å²) in [6.45, 7) is 4.41. The SMILES string of the molecule is CC(C)C1C2CC2C(=O)N1C. The summed E-state index contributed by atoms with van der Waals surface area (Å²) in [6, 6.07) is 0.535. The maximum atomic E-state index is 11.4. The molecule has 2 heteroatoms. The number of hydrogen-bond acceptors (Lipinski definition) is 1. The number of nitrogens with zero attached hydrogens (tertiary/aromatic N) is 1. The number of fused-ring (bicyclic) bond motifs is 1. The molecule has 1 aliphatic carbocycles. The molecule has 0 aromatic carbocycles. The summed E-state index contributed by atoms with van der Waals surface area (Å²) in [5.41, 5.74) is 0. The molecule has 2 fully saturated rings. The van der Waals surface area contributed by atoms with Crippen molar-refractivity contribution in [2.45, 2.75) is 26.3 Å². The molecule has 1 amide bonds. The minimum Gasteiger partial charge on any atom is -0.342 e. The van der Waals surface area contributed by atoms with E-state index in [-0.39, 0.29) is 0 Å². The fourth-order valence-electron chi connectivity index (χ4n) is 2.51. The smallest absolute Gasteiger partial charge is 0.226 e. The minimum atomic E-state index is 0.383. The van der Waals surface area contributed by atoms with Gasteiger partial charge in [0.1, 0.15) is 0 Å². The molecule has 1 heterocycles. The molecule has 2 nitrogen and oxygen atoms in total. The lowest BCUT2D eigenvalue weighted by atomic mass is 10.0. The molecule has 0 radical (unpaired) electrons. The zero-order valence-corrected chi connectivity index (χ0v) is 7.37. The number of hydrogen-bond donors (Lipinski definition) is 0. The van der Waals surface area contributed by atoms with Crippen LogP contribution in [0.2, 0.25) is 0 Å². The second-order valence-corrected chi connectivity index (χ2v) is 4.19. The van der Waals surface area contributed by atoms with Gasteiger partial charge in [0.05, 0.1) is 0 Å². The molecule has 0 aromatic rings. The topological polar surface area (TPSA) is 20.3 Å². The van der Waals surface area contributed by atoms with Gasteiger partial charge in [0.15, 0.2) is 0 Å². The molecular formula is C9H15NO. The van der Waals surface area contributed by atoms with Crippen LogP contribution in [0.5, 0.6) is 0 Å². The fourth-order valence-corrected chi connectivity index (χ4v) is 2.51. The van der Waals surface area contributed by atoms with E-state index in [4.69, 9.17) is 0 Å². The summed E-state index contributed by atoms with van der Waals surface area (Å²) in [6.07, 6.45) is 1.16. The molecule has 11 heavy (non-hydrogen) atoms. The van der Waals surface area contributed by atoms with E-state index >= 15 is 0 Å². The van der Waals surface area contributed by atoms with Crippen molar-refractivity contribution in [1.29, 1.82) is 0 Å². The maximum Gasteiger partial charge on any atom is 0.226 e. The van der Waals surface area contributed by atoms with Crippen molar-refractivity contribution in [2.24, 2.45) is 17.8 Å². The molecule has 62 valence electrons. The lowest BCUT2D eigenvalue weighted by molar-refractivity contribution is -0.130. The first-order valence-electron chi connectivity index (χ1n) is 4.39. The zero-order chi connectivity index (χ0) is 8.17.